The molecule has 1 N–H and O–H groups in total. The molecule has 5 heteroatoms. The number of aromatic nitrogens is 2. The number of rotatable bonds is 3. The van der Waals surface area contributed by atoms with E-state index in [-0.39, 0.29) is 12.6 Å². The molecular weight excluding hydrogens is 192 g/mol. The largest absolute Gasteiger partial charge is 0.394 e. The van der Waals surface area contributed by atoms with Crippen LogP contribution in [0.4, 0.5) is 5.82 Å². The van der Waals surface area contributed by atoms with Gasteiger partial charge in [0.25, 0.3) is 0 Å². The Labute approximate surface area is 89.5 Å². The van der Waals surface area contributed by atoms with E-state index in [1.807, 2.05) is 18.9 Å². The summed E-state index contributed by atoms with van der Waals surface area (Å²) in [7, 11) is 3.64. The number of hydrogen-bond donors (Lipinski definition) is 1. The summed E-state index contributed by atoms with van der Waals surface area (Å²) in [5.74, 6) is 0.747. The van der Waals surface area contributed by atoms with E-state index in [1.165, 1.54) is 0 Å². The average Bonchev–Trinajstić information content (AvgIpc) is 2.50. The molecule has 1 atom stereocenters. The van der Waals surface area contributed by atoms with E-state index in [0.717, 1.165) is 5.82 Å². The molecule has 0 bridgehead atoms. The first kappa shape index (κ1) is 11.5. The molecule has 0 aromatic carbocycles. The molecule has 0 spiro atoms. The third kappa shape index (κ3) is 1.95. The lowest BCUT2D eigenvalue weighted by Gasteiger charge is -2.25. The van der Waals surface area contributed by atoms with Crippen LogP contribution >= 0.6 is 0 Å². The Morgan fingerprint density at radius 3 is 2.73 bits per heavy atom. The van der Waals surface area contributed by atoms with Crippen molar-refractivity contribution < 1.29 is 5.11 Å². The van der Waals surface area contributed by atoms with Crippen LogP contribution in [0.1, 0.15) is 18.2 Å². The zero-order valence-electron chi connectivity index (χ0n) is 9.52. The van der Waals surface area contributed by atoms with Crippen molar-refractivity contribution >= 4 is 5.82 Å². The quantitative estimate of drug-likeness (QED) is 0.781. The topological polar surface area (TPSA) is 65.1 Å². The van der Waals surface area contributed by atoms with Gasteiger partial charge in [-0.15, -0.1) is 0 Å². The number of likely N-dealkylation sites (N-methyl/N-ethyl adjacent to an activating group) is 1. The lowest BCUT2D eigenvalue weighted by molar-refractivity contribution is 0.269. The van der Waals surface area contributed by atoms with Crippen LogP contribution < -0.4 is 4.90 Å². The van der Waals surface area contributed by atoms with Crippen molar-refractivity contribution in [2.45, 2.75) is 19.9 Å². The molecule has 1 rings (SSSR count). The first-order valence-electron chi connectivity index (χ1n) is 4.80. The molecule has 0 radical (unpaired) electrons. The summed E-state index contributed by atoms with van der Waals surface area (Å²) in [6.07, 6.45) is 0. The molecule has 0 aliphatic heterocycles. The minimum absolute atomic E-state index is 0.0353. The van der Waals surface area contributed by atoms with E-state index in [1.54, 1.807) is 18.7 Å². The van der Waals surface area contributed by atoms with Crippen molar-refractivity contribution in [3.63, 3.8) is 0 Å². The van der Waals surface area contributed by atoms with Crippen LogP contribution in [0.2, 0.25) is 0 Å². The summed E-state index contributed by atoms with van der Waals surface area (Å²) in [4.78, 5) is 1.86. The Hall–Kier alpha value is -1.54. The van der Waals surface area contributed by atoms with Gasteiger partial charge >= 0.3 is 0 Å². The van der Waals surface area contributed by atoms with Gasteiger partial charge in [0.15, 0.2) is 0 Å². The van der Waals surface area contributed by atoms with Crippen LogP contribution in [-0.4, -0.2) is 34.6 Å². The highest BCUT2D eigenvalue weighted by Gasteiger charge is 2.19. The van der Waals surface area contributed by atoms with Crippen LogP contribution in [0, 0.1) is 18.3 Å². The number of aliphatic hydroxyl groups is 1. The highest BCUT2D eigenvalue weighted by Crippen LogP contribution is 2.22. The molecule has 1 aromatic heterocycles. The number of anilines is 1. The van der Waals surface area contributed by atoms with Gasteiger partial charge in [-0.25, -0.2) is 0 Å². The van der Waals surface area contributed by atoms with Crippen LogP contribution in [-0.2, 0) is 7.05 Å². The molecule has 0 aliphatic rings. The van der Waals surface area contributed by atoms with Crippen LogP contribution in [0.15, 0.2) is 0 Å². The fourth-order valence-corrected chi connectivity index (χ4v) is 1.51. The highest BCUT2D eigenvalue weighted by atomic mass is 16.3. The van der Waals surface area contributed by atoms with E-state index in [2.05, 4.69) is 11.2 Å². The molecule has 1 heterocycles. The number of nitriles is 1. The van der Waals surface area contributed by atoms with Gasteiger partial charge in [-0.1, -0.05) is 0 Å². The van der Waals surface area contributed by atoms with Crippen molar-refractivity contribution in [2.24, 2.45) is 7.05 Å². The molecular formula is C10H16N4O. The fraction of sp³-hybridized carbons (Fsp3) is 0.600. The molecule has 0 saturated heterocycles. The third-order valence-electron chi connectivity index (χ3n) is 2.56. The van der Waals surface area contributed by atoms with Crippen molar-refractivity contribution in [2.75, 3.05) is 18.6 Å². The molecule has 5 nitrogen and oxygen atoms in total. The Bertz CT molecular complexity index is 391. The van der Waals surface area contributed by atoms with Gasteiger partial charge in [-0.05, 0) is 13.8 Å². The van der Waals surface area contributed by atoms with Crippen LogP contribution in [0.3, 0.4) is 0 Å². The average molecular weight is 208 g/mol. The lowest BCUT2D eigenvalue weighted by Crippen LogP contribution is -2.33. The summed E-state index contributed by atoms with van der Waals surface area (Å²) in [6, 6.07) is 2.10. The standard InChI is InChI=1S/C10H16N4O/c1-7(6-15)13(3)10-9(5-11)8(2)12-14(10)4/h7,15H,6H2,1-4H3. The third-order valence-corrected chi connectivity index (χ3v) is 2.56. The molecule has 15 heavy (non-hydrogen) atoms. The second-order valence-electron chi connectivity index (χ2n) is 3.66. The molecule has 1 unspecified atom stereocenters. The van der Waals surface area contributed by atoms with Crippen LogP contribution in [0.25, 0.3) is 0 Å². The Kier molecular flexibility index (Phi) is 3.32. The van der Waals surface area contributed by atoms with Crippen molar-refractivity contribution in [1.82, 2.24) is 9.78 Å². The van der Waals surface area contributed by atoms with Gasteiger partial charge in [0.1, 0.15) is 17.5 Å². The van der Waals surface area contributed by atoms with Crippen molar-refractivity contribution in [1.29, 1.82) is 5.26 Å². The first-order valence-corrected chi connectivity index (χ1v) is 4.80. The van der Waals surface area contributed by atoms with Gasteiger partial charge in [-0.3, -0.25) is 4.68 Å². The first-order chi connectivity index (χ1) is 7.02. The monoisotopic (exact) mass is 208 g/mol. The normalized spacial score (nSPS) is 12.3. The molecule has 0 aliphatic carbocycles. The van der Waals surface area contributed by atoms with E-state index in [4.69, 9.17) is 10.4 Å². The second-order valence-corrected chi connectivity index (χ2v) is 3.66. The van der Waals surface area contributed by atoms with E-state index >= 15 is 0 Å². The maximum atomic E-state index is 9.07. The minimum atomic E-state index is -0.0353. The van der Waals surface area contributed by atoms with Gasteiger partial charge in [0.05, 0.1) is 18.3 Å². The summed E-state index contributed by atoms with van der Waals surface area (Å²) >= 11 is 0. The zero-order chi connectivity index (χ0) is 11.6. The summed E-state index contributed by atoms with van der Waals surface area (Å²) in [5, 5.41) is 22.3. The minimum Gasteiger partial charge on any atom is -0.394 e. The van der Waals surface area contributed by atoms with Gasteiger partial charge < -0.3 is 10.0 Å². The van der Waals surface area contributed by atoms with Crippen LogP contribution in [0.5, 0.6) is 0 Å². The lowest BCUT2D eigenvalue weighted by atomic mass is 10.2. The van der Waals surface area contributed by atoms with Gasteiger partial charge in [0, 0.05) is 14.1 Å². The summed E-state index contributed by atoms with van der Waals surface area (Å²) in [6.45, 7) is 3.74. The number of aryl methyl sites for hydroxylation is 2. The van der Waals surface area contributed by atoms with Crippen molar-refractivity contribution in [3.05, 3.63) is 11.3 Å². The molecule has 0 saturated carbocycles. The predicted octanol–water partition coefficient (Wildman–Crippen LogP) is 0.417. The molecule has 0 fully saturated rings. The maximum Gasteiger partial charge on any atom is 0.145 e. The maximum absolute atomic E-state index is 9.07. The highest BCUT2D eigenvalue weighted by molar-refractivity contribution is 5.56. The van der Waals surface area contributed by atoms with E-state index in [0.29, 0.717) is 11.3 Å². The number of aliphatic hydroxyl groups excluding tert-OH is 1. The van der Waals surface area contributed by atoms with Gasteiger partial charge in [-0.2, -0.15) is 10.4 Å². The fourth-order valence-electron chi connectivity index (χ4n) is 1.51. The number of nitrogens with zero attached hydrogens (tertiary/aromatic N) is 4. The number of hydrogen-bond acceptors (Lipinski definition) is 4. The Morgan fingerprint density at radius 2 is 2.27 bits per heavy atom. The molecule has 0 amide bonds. The Balaban J connectivity index is 3.19. The Morgan fingerprint density at radius 1 is 1.67 bits per heavy atom. The SMILES string of the molecule is Cc1nn(C)c(N(C)C(C)CO)c1C#N. The van der Waals surface area contributed by atoms with Crippen molar-refractivity contribution in [3.8, 4) is 6.07 Å². The smallest absolute Gasteiger partial charge is 0.145 e. The summed E-state index contributed by atoms with van der Waals surface area (Å²) < 4.78 is 1.67. The molecule has 82 valence electrons. The molecule has 1 aromatic rings. The zero-order valence-corrected chi connectivity index (χ0v) is 9.52. The predicted molar refractivity (Wildman–Crippen MR) is 57.6 cm³/mol. The second kappa shape index (κ2) is 4.32. The van der Waals surface area contributed by atoms with Gasteiger partial charge in [0.2, 0.25) is 0 Å². The van der Waals surface area contributed by atoms with E-state index in [9.17, 15) is 0 Å². The van der Waals surface area contributed by atoms with E-state index < -0.39 is 0 Å². The summed E-state index contributed by atoms with van der Waals surface area (Å²) in [5.41, 5.74) is 1.28.